The van der Waals surface area contributed by atoms with Gasteiger partial charge >= 0.3 is 6.09 Å². The average Bonchev–Trinajstić information content (AvgIpc) is 2.61. The second kappa shape index (κ2) is 8.85. The highest BCUT2D eigenvalue weighted by Gasteiger charge is 2.25. The smallest absolute Gasteiger partial charge is 0.409 e. The average molecular weight is 333 g/mol. The second-order valence-electron chi connectivity index (χ2n) is 5.37. The van der Waals surface area contributed by atoms with E-state index in [-0.39, 0.29) is 18.0 Å². The van der Waals surface area contributed by atoms with Gasteiger partial charge in [0.1, 0.15) is 5.69 Å². The van der Waals surface area contributed by atoms with Gasteiger partial charge in [0.05, 0.1) is 6.61 Å². The molecule has 1 fully saturated rings. The van der Waals surface area contributed by atoms with Crippen LogP contribution < -0.4 is 10.6 Å². The molecule has 1 aliphatic rings. The fourth-order valence-corrected chi connectivity index (χ4v) is 2.41. The Morgan fingerprint density at radius 3 is 2.88 bits per heavy atom. The molecule has 2 heterocycles. The van der Waals surface area contributed by atoms with Crippen LogP contribution in [0.1, 0.15) is 30.3 Å². The molecule has 0 spiro atoms. The molecular formula is C16H23N5O3. The van der Waals surface area contributed by atoms with Gasteiger partial charge in [-0.2, -0.15) is 0 Å². The highest BCUT2D eigenvalue weighted by atomic mass is 16.6. The molecule has 2 rings (SSSR count). The molecule has 0 radical (unpaired) electrons. The molecule has 0 unspecified atom stereocenters. The maximum absolute atomic E-state index is 12.3. The van der Waals surface area contributed by atoms with E-state index in [1.807, 2.05) is 0 Å². The Balaban J connectivity index is 1.85. The van der Waals surface area contributed by atoms with Crippen molar-refractivity contribution in [2.45, 2.75) is 25.8 Å². The van der Waals surface area contributed by atoms with Crippen molar-refractivity contribution in [3.8, 4) is 0 Å². The molecule has 24 heavy (non-hydrogen) atoms. The number of rotatable bonds is 6. The lowest BCUT2D eigenvalue weighted by Gasteiger charge is -2.31. The van der Waals surface area contributed by atoms with Crippen LogP contribution in [0, 0.1) is 0 Å². The van der Waals surface area contributed by atoms with Crippen LogP contribution in [0.5, 0.6) is 0 Å². The molecule has 1 saturated heterocycles. The summed E-state index contributed by atoms with van der Waals surface area (Å²) in [4.78, 5) is 33.8. The number of amides is 2. The number of aromatic nitrogens is 2. The van der Waals surface area contributed by atoms with E-state index >= 15 is 0 Å². The maximum Gasteiger partial charge on any atom is 0.409 e. The lowest BCUT2D eigenvalue weighted by atomic mass is 10.1. The number of ether oxygens (including phenoxy) is 1. The van der Waals surface area contributed by atoms with Gasteiger partial charge in [-0.1, -0.05) is 6.08 Å². The molecule has 1 aromatic rings. The van der Waals surface area contributed by atoms with Gasteiger partial charge < -0.3 is 20.3 Å². The summed E-state index contributed by atoms with van der Waals surface area (Å²) in [5.41, 5.74) is 0.310. The minimum absolute atomic E-state index is 0.0164. The van der Waals surface area contributed by atoms with E-state index < -0.39 is 0 Å². The number of piperidine rings is 1. The monoisotopic (exact) mass is 333 g/mol. The van der Waals surface area contributed by atoms with Crippen molar-refractivity contribution in [2.75, 3.05) is 31.6 Å². The molecule has 0 aliphatic carbocycles. The molecule has 0 atom stereocenters. The van der Waals surface area contributed by atoms with Gasteiger partial charge in [0.2, 0.25) is 5.95 Å². The van der Waals surface area contributed by atoms with E-state index in [2.05, 4.69) is 27.2 Å². The SMILES string of the molecule is C=CCNc1nccc(C(=O)NC2CCN(C(=O)OCC)CC2)n1. The van der Waals surface area contributed by atoms with Crippen LogP contribution >= 0.6 is 0 Å². The second-order valence-corrected chi connectivity index (χ2v) is 5.37. The van der Waals surface area contributed by atoms with Crippen LogP contribution in [-0.2, 0) is 4.74 Å². The number of anilines is 1. The highest BCUT2D eigenvalue weighted by molar-refractivity contribution is 5.92. The number of hydrogen-bond acceptors (Lipinski definition) is 6. The molecule has 130 valence electrons. The van der Waals surface area contributed by atoms with Gasteiger partial charge in [-0.15, -0.1) is 6.58 Å². The molecule has 2 amide bonds. The van der Waals surface area contributed by atoms with E-state index in [4.69, 9.17) is 4.74 Å². The summed E-state index contributed by atoms with van der Waals surface area (Å²) in [6.45, 7) is 7.42. The zero-order chi connectivity index (χ0) is 17.4. The first kappa shape index (κ1) is 17.7. The highest BCUT2D eigenvalue weighted by Crippen LogP contribution is 2.12. The molecule has 1 aliphatic heterocycles. The Labute approximate surface area is 141 Å². The number of carbonyl (C=O) groups is 2. The number of likely N-dealkylation sites (tertiary alicyclic amines) is 1. The first-order valence-electron chi connectivity index (χ1n) is 8.04. The van der Waals surface area contributed by atoms with E-state index in [9.17, 15) is 9.59 Å². The maximum atomic E-state index is 12.3. The normalized spacial score (nSPS) is 14.8. The van der Waals surface area contributed by atoms with Crippen molar-refractivity contribution in [3.63, 3.8) is 0 Å². The van der Waals surface area contributed by atoms with Crippen LogP contribution in [0.25, 0.3) is 0 Å². The first-order chi connectivity index (χ1) is 11.6. The molecule has 0 aromatic carbocycles. The predicted molar refractivity (Wildman–Crippen MR) is 89.8 cm³/mol. The van der Waals surface area contributed by atoms with E-state index in [0.717, 1.165) is 0 Å². The van der Waals surface area contributed by atoms with Crippen molar-refractivity contribution in [2.24, 2.45) is 0 Å². The van der Waals surface area contributed by atoms with Gasteiger partial charge in [0.15, 0.2) is 0 Å². The molecule has 1 aromatic heterocycles. The summed E-state index contributed by atoms with van der Waals surface area (Å²) in [6, 6.07) is 1.59. The van der Waals surface area contributed by atoms with Crippen molar-refractivity contribution >= 4 is 17.9 Å². The van der Waals surface area contributed by atoms with Gasteiger partial charge in [-0.3, -0.25) is 4.79 Å². The Hall–Kier alpha value is -2.64. The Morgan fingerprint density at radius 1 is 1.46 bits per heavy atom. The molecule has 2 N–H and O–H groups in total. The van der Waals surface area contributed by atoms with Gasteiger partial charge in [-0.25, -0.2) is 14.8 Å². The fourth-order valence-electron chi connectivity index (χ4n) is 2.41. The number of nitrogens with one attached hydrogen (secondary N) is 2. The zero-order valence-electron chi connectivity index (χ0n) is 13.8. The van der Waals surface area contributed by atoms with Crippen molar-refractivity contribution in [1.29, 1.82) is 0 Å². The number of carbonyl (C=O) groups excluding carboxylic acids is 2. The summed E-state index contributed by atoms with van der Waals surface area (Å²) in [5, 5.41) is 5.90. The van der Waals surface area contributed by atoms with Gasteiger partial charge in [0, 0.05) is 31.9 Å². The lowest BCUT2D eigenvalue weighted by Crippen LogP contribution is -2.46. The van der Waals surface area contributed by atoms with E-state index in [0.29, 0.717) is 50.7 Å². The quantitative estimate of drug-likeness (QED) is 0.765. The van der Waals surface area contributed by atoms with Gasteiger partial charge in [-0.05, 0) is 25.8 Å². The summed E-state index contributed by atoms with van der Waals surface area (Å²) >= 11 is 0. The number of nitrogens with zero attached hydrogens (tertiary/aromatic N) is 3. The van der Waals surface area contributed by atoms with Crippen LogP contribution in [0.4, 0.5) is 10.7 Å². The van der Waals surface area contributed by atoms with Crippen LogP contribution in [0.15, 0.2) is 24.9 Å². The van der Waals surface area contributed by atoms with Crippen molar-refractivity contribution in [1.82, 2.24) is 20.2 Å². The largest absolute Gasteiger partial charge is 0.450 e. The Morgan fingerprint density at radius 2 is 2.21 bits per heavy atom. The fraction of sp³-hybridized carbons (Fsp3) is 0.500. The first-order valence-corrected chi connectivity index (χ1v) is 8.04. The molecular weight excluding hydrogens is 310 g/mol. The minimum Gasteiger partial charge on any atom is -0.450 e. The molecule has 8 nitrogen and oxygen atoms in total. The summed E-state index contributed by atoms with van der Waals surface area (Å²) in [7, 11) is 0. The summed E-state index contributed by atoms with van der Waals surface area (Å²) in [5.74, 6) is 0.147. The van der Waals surface area contributed by atoms with Crippen molar-refractivity contribution in [3.05, 3.63) is 30.6 Å². The topological polar surface area (TPSA) is 96.5 Å². The zero-order valence-corrected chi connectivity index (χ0v) is 13.8. The summed E-state index contributed by atoms with van der Waals surface area (Å²) in [6.07, 6.45) is 4.31. The van der Waals surface area contributed by atoms with Crippen molar-refractivity contribution < 1.29 is 14.3 Å². The standard InChI is InChI=1S/C16H23N5O3/c1-3-8-17-15-18-9-5-13(20-15)14(22)19-12-6-10-21(11-7-12)16(23)24-4-2/h3,5,9,12H,1,4,6-8,10-11H2,2H3,(H,19,22)(H,17,18,20). The predicted octanol–water partition coefficient (Wildman–Crippen LogP) is 1.43. The minimum atomic E-state index is -0.295. The molecule has 8 heteroatoms. The third-order valence-electron chi connectivity index (χ3n) is 3.65. The third kappa shape index (κ3) is 4.94. The number of hydrogen-bond donors (Lipinski definition) is 2. The lowest BCUT2D eigenvalue weighted by molar-refractivity contribution is 0.0856. The van der Waals surface area contributed by atoms with Crippen LogP contribution in [0.2, 0.25) is 0 Å². The van der Waals surface area contributed by atoms with Gasteiger partial charge in [0.25, 0.3) is 5.91 Å². The third-order valence-corrected chi connectivity index (χ3v) is 3.65. The molecule has 0 bridgehead atoms. The van der Waals surface area contributed by atoms with Crippen LogP contribution in [0.3, 0.4) is 0 Å². The summed E-state index contributed by atoms with van der Waals surface area (Å²) < 4.78 is 4.98. The van der Waals surface area contributed by atoms with E-state index in [1.54, 1.807) is 24.0 Å². The molecule has 0 saturated carbocycles. The van der Waals surface area contributed by atoms with E-state index in [1.165, 1.54) is 6.20 Å². The van der Waals surface area contributed by atoms with Crippen LogP contribution in [-0.4, -0.2) is 59.2 Å². The Kier molecular flexibility index (Phi) is 6.53. The Bertz CT molecular complexity index is 585.